The summed E-state index contributed by atoms with van der Waals surface area (Å²) >= 11 is 0. The minimum atomic E-state index is -0.515. The smallest absolute Gasteiger partial charge is 0.299 e. The van der Waals surface area contributed by atoms with Gasteiger partial charge in [0.1, 0.15) is 5.82 Å². The molecule has 19 heavy (non-hydrogen) atoms. The Kier molecular flexibility index (Phi) is 3.09. The van der Waals surface area contributed by atoms with Crippen molar-refractivity contribution in [1.29, 1.82) is 0 Å². The van der Waals surface area contributed by atoms with Crippen LogP contribution < -0.4 is 4.90 Å². The summed E-state index contributed by atoms with van der Waals surface area (Å²) in [5.41, 5.74) is 0.769. The lowest BCUT2D eigenvalue weighted by Gasteiger charge is -2.18. The molecule has 1 heterocycles. The van der Waals surface area contributed by atoms with Crippen LogP contribution in [0, 0.1) is 11.7 Å². The number of hydrogen-bond donors (Lipinski definition) is 0. The van der Waals surface area contributed by atoms with Crippen LogP contribution in [0.3, 0.4) is 0 Å². The molecule has 1 aliphatic heterocycles. The minimum Gasteiger partial charge on any atom is -0.305 e. The van der Waals surface area contributed by atoms with Crippen LogP contribution in [0.15, 0.2) is 18.2 Å². The van der Waals surface area contributed by atoms with Crippen LogP contribution in [-0.2, 0) is 4.79 Å². The summed E-state index contributed by atoms with van der Waals surface area (Å²) < 4.78 is 13.3. The molecule has 1 aromatic rings. The molecule has 1 aromatic carbocycles. The fraction of sp³-hybridized carbons (Fsp3) is 0.467. The fourth-order valence-corrected chi connectivity index (χ4v) is 3.10. The lowest BCUT2D eigenvalue weighted by Crippen LogP contribution is -2.31. The van der Waals surface area contributed by atoms with Gasteiger partial charge in [-0.05, 0) is 30.5 Å². The average Bonchev–Trinajstić information content (AvgIpc) is 2.98. The van der Waals surface area contributed by atoms with E-state index in [2.05, 4.69) is 0 Å². The van der Waals surface area contributed by atoms with E-state index in [-0.39, 0.29) is 0 Å². The van der Waals surface area contributed by atoms with Gasteiger partial charge in [-0.1, -0.05) is 25.7 Å². The molecule has 1 aliphatic carbocycles. The van der Waals surface area contributed by atoms with Gasteiger partial charge in [-0.3, -0.25) is 9.59 Å². The van der Waals surface area contributed by atoms with Crippen LogP contribution in [-0.4, -0.2) is 18.2 Å². The normalized spacial score (nSPS) is 19.3. The lowest BCUT2D eigenvalue weighted by atomic mass is 10.0. The SMILES string of the molecule is O=C1C(=O)N(CCC2CCCC2)c2cc(F)ccc21. The maximum atomic E-state index is 13.3. The van der Waals surface area contributed by atoms with Crippen LogP contribution in [0.4, 0.5) is 10.1 Å². The minimum absolute atomic E-state index is 0.331. The highest BCUT2D eigenvalue weighted by atomic mass is 19.1. The van der Waals surface area contributed by atoms with Gasteiger partial charge in [0.25, 0.3) is 11.7 Å². The molecule has 4 heteroatoms. The molecule has 0 radical (unpaired) electrons. The Bertz CT molecular complexity index is 535. The topological polar surface area (TPSA) is 37.4 Å². The number of rotatable bonds is 3. The van der Waals surface area contributed by atoms with Crippen molar-refractivity contribution in [2.75, 3.05) is 11.4 Å². The second kappa shape index (κ2) is 4.76. The number of amides is 1. The Morgan fingerprint density at radius 1 is 1.21 bits per heavy atom. The summed E-state index contributed by atoms with van der Waals surface area (Å²) in [7, 11) is 0. The molecule has 0 atom stereocenters. The van der Waals surface area contributed by atoms with Crippen molar-refractivity contribution in [3.8, 4) is 0 Å². The van der Waals surface area contributed by atoms with Crippen LogP contribution in [0.25, 0.3) is 0 Å². The second-order valence-electron chi connectivity index (χ2n) is 5.39. The van der Waals surface area contributed by atoms with Gasteiger partial charge >= 0.3 is 0 Å². The number of Topliss-reactive ketones (excluding diaryl/α,β-unsaturated/α-hetero) is 1. The van der Waals surface area contributed by atoms with E-state index in [0.29, 0.717) is 23.7 Å². The third-order valence-electron chi connectivity index (χ3n) is 4.17. The van der Waals surface area contributed by atoms with E-state index in [1.165, 1.54) is 48.8 Å². The highest BCUT2D eigenvalue weighted by Crippen LogP contribution is 2.32. The molecule has 3 rings (SSSR count). The molecule has 1 saturated carbocycles. The van der Waals surface area contributed by atoms with Crippen molar-refractivity contribution in [2.45, 2.75) is 32.1 Å². The zero-order valence-corrected chi connectivity index (χ0v) is 10.7. The van der Waals surface area contributed by atoms with E-state index in [1.54, 1.807) is 0 Å². The summed E-state index contributed by atoms with van der Waals surface area (Å²) in [6.45, 7) is 0.520. The second-order valence-corrected chi connectivity index (χ2v) is 5.39. The first-order chi connectivity index (χ1) is 9.16. The average molecular weight is 261 g/mol. The van der Waals surface area contributed by atoms with Gasteiger partial charge in [-0.2, -0.15) is 0 Å². The fourth-order valence-electron chi connectivity index (χ4n) is 3.10. The van der Waals surface area contributed by atoms with E-state index in [0.717, 1.165) is 6.42 Å². The van der Waals surface area contributed by atoms with E-state index in [1.807, 2.05) is 0 Å². The van der Waals surface area contributed by atoms with Gasteiger partial charge in [0.15, 0.2) is 0 Å². The van der Waals surface area contributed by atoms with Crippen molar-refractivity contribution < 1.29 is 14.0 Å². The van der Waals surface area contributed by atoms with Gasteiger partial charge in [-0.15, -0.1) is 0 Å². The van der Waals surface area contributed by atoms with Crippen molar-refractivity contribution in [3.05, 3.63) is 29.6 Å². The monoisotopic (exact) mass is 261 g/mol. The molecule has 0 saturated heterocycles. The summed E-state index contributed by atoms with van der Waals surface area (Å²) in [4.78, 5) is 25.2. The first-order valence-electron chi connectivity index (χ1n) is 6.82. The maximum Gasteiger partial charge on any atom is 0.299 e. The molecule has 0 N–H and O–H groups in total. The number of benzene rings is 1. The molecule has 0 unspecified atom stereocenters. The Morgan fingerprint density at radius 3 is 2.68 bits per heavy atom. The summed E-state index contributed by atoms with van der Waals surface area (Å²) in [6, 6.07) is 3.91. The van der Waals surface area contributed by atoms with Crippen LogP contribution >= 0.6 is 0 Å². The van der Waals surface area contributed by atoms with E-state index < -0.39 is 17.5 Å². The van der Waals surface area contributed by atoms with Crippen molar-refractivity contribution in [1.82, 2.24) is 0 Å². The molecule has 1 fully saturated rings. The molecule has 0 aromatic heterocycles. The van der Waals surface area contributed by atoms with Crippen molar-refractivity contribution >= 4 is 17.4 Å². The third kappa shape index (κ3) is 2.15. The molecule has 3 nitrogen and oxygen atoms in total. The van der Waals surface area contributed by atoms with Gasteiger partial charge < -0.3 is 4.90 Å². The number of anilines is 1. The standard InChI is InChI=1S/C15H16FNO2/c16-11-5-6-12-13(9-11)17(15(19)14(12)18)8-7-10-3-1-2-4-10/h5-6,9-10H,1-4,7-8H2. The highest BCUT2D eigenvalue weighted by molar-refractivity contribution is 6.52. The Morgan fingerprint density at radius 2 is 1.95 bits per heavy atom. The number of halogens is 1. The predicted octanol–water partition coefficient (Wildman–Crippen LogP) is 2.94. The quantitative estimate of drug-likeness (QED) is 0.784. The predicted molar refractivity (Wildman–Crippen MR) is 69.7 cm³/mol. The first-order valence-corrected chi connectivity index (χ1v) is 6.82. The molecule has 2 aliphatic rings. The molecule has 1 amide bonds. The zero-order valence-electron chi connectivity index (χ0n) is 10.7. The van der Waals surface area contributed by atoms with E-state index in [4.69, 9.17) is 0 Å². The van der Waals surface area contributed by atoms with Crippen LogP contribution in [0.1, 0.15) is 42.5 Å². The number of carbonyl (C=O) groups excluding carboxylic acids is 2. The largest absolute Gasteiger partial charge is 0.305 e. The molecular formula is C15H16FNO2. The first kappa shape index (κ1) is 12.3. The van der Waals surface area contributed by atoms with Crippen LogP contribution in [0.2, 0.25) is 0 Å². The summed E-state index contributed by atoms with van der Waals surface area (Å²) in [6.07, 6.45) is 5.80. The van der Waals surface area contributed by atoms with E-state index in [9.17, 15) is 14.0 Å². The molecule has 0 bridgehead atoms. The lowest BCUT2D eigenvalue weighted by molar-refractivity contribution is -0.114. The van der Waals surface area contributed by atoms with Crippen molar-refractivity contribution in [2.24, 2.45) is 5.92 Å². The van der Waals surface area contributed by atoms with Crippen molar-refractivity contribution in [3.63, 3.8) is 0 Å². The van der Waals surface area contributed by atoms with E-state index >= 15 is 0 Å². The van der Waals surface area contributed by atoms with Gasteiger partial charge in [0.2, 0.25) is 0 Å². The van der Waals surface area contributed by atoms with Gasteiger partial charge in [-0.25, -0.2) is 4.39 Å². The molecule has 100 valence electrons. The number of hydrogen-bond acceptors (Lipinski definition) is 2. The van der Waals surface area contributed by atoms with Gasteiger partial charge in [0.05, 0.1) is 11.3 Å². The number of ketones is 1. The Labute approximate surface area is 111 Å². The molecule has 0 spiro atoms. The maximum absolute atomic E-state index is 13.3. The highest BCUT2D eigenvalue weighted by Gasteiger charge is 2.36. The number of fused-ring (bicyclic) bond motifs is 1. The Balaban J connectivity index is 1.79. The van der Waals surface area contributed by atoms with Gasteiger partial charge in [0, 0.05) is 6.54 Å². The summed E-state index contributed by atoms with van der Waals surface area (Å²) in [5, 5.41) is 0. The summed E-state index contributed by atoms with van der Waals surface area (Å²) in [5.74, 6) is -0.798. The number of nitrogens with zero attached hydrogens (tertiary/aromatic N) is 1. The number of carbonyl (C=O) groups is 2. The third-order valence-corrected chi connectivity index (χ3v) is 4.17. The zero-order chi connectivity index (χ0) is 13.4. The van der Waals surface area contributed by atoms with Crippen LogP contribution in [0.5, 0.6) is 0 Å². The Hall–Kier alpha value is -1.71. The molecular weight excluding hydrogens is 245 g/mol.